The molecule has 0 saturated heterocycles. The van der Waals surface area contributed by atoms with Gasteiger partial charge in [0.05, 0.1) is 33.1 Å². The quantitative estimate of drug-likeness (QED) is 0.751. The summed E-state index contributed by atoms with van der Waals surface area (Å²) in [5.41, 5.74) is 0.794. The molecule has 114 valence electrons. The van der Waals surface area contributed by atoms with Crippen molar-refractivity contribution in [2.24, 2.45) is 0 Å². The molecular weight excluding hydrogens is 359 g/mol. The summed E-state index contributed by atoms with van der Waals surface area (Å²) in [6, 6.07) is 6.76. The first-order chi connectivity index (χ1) is 11.1. The van der Waals surface area contributed by atoms with Crippen LogP contribution in [0, 0.1) is 11.3 Å². The van der Waals surface area contributed by atoms with Crippen LogP contribution in [0.2, 0.25) is 15.1 Å². The zero-order chi connectivity index (χ0) is 16.4. The number of nitrogens with zero attached hydrogens (tertiary/aromatic N) is 5. The molecule has 3 aromatic heterocycles. The van der Waals surface area contributed by atoms with E-state index in [1.807, 2.05) is 6.07 Å². The molecule has 0 amide bonds. The van der Waals surface area contributed by atoms with E-state index in [9.17, 15) is 0 Å². The van der Waals surface area contributed by atoms with E-state index in [1.54, 1.807) is 30.6 Å². The third-order valence-electron chi connectivity index (χ3n) is 2.81. The molecule has 0 aromatic carbocycles. The van der Waals surface area contributed by atoms with Crippen LogP contribution in [0.1, 0.15) is 5.69 Å². The maximum Gasteiger partial charge on any atom is 0.172 e. The summed E-state index contributed by atoms with van der Waals surface area (Å²) in [5.74, 6) is 0.923. The number of pyridine rings is 2. The summed E-state index contributed by atoms with van der Waals surface area (Å²) in [6.45, 7) is 0. The fraction of sp³-hybridized carbons (Fsp3) is 0. The van der Waals surface area contributed by atoms with Crippen molar-refractivity contribution in [2.75, 3.05) is 5.32 Å². The average molecular weight is 366 g/mol. The van der Waals surface area contributed by atoms with Gasteiger partial charge in [0.1, 0.15) is 11.9 Å². The first kappa shape index (κ1) is 15.6. The molecule has 0 fully saturated rings. The average Bonchev–Trinajstić information content (AvgIpc) is 2.97. The summed E-state index contributed by atoms with van der Waals surface area (Å²) in [4.78, 5) is 8.24. The molecule has 3 aromatic rings. The second kappa shape index (κ2) is 6.42. The lowest BCUT2D eigenvalue weighted by molar-refractivity contribution is 0.847. The van der Waals surface area contributed by atoms with E-state index in [0.717, 1.165) is 0 Å². The van der Waals surface area contributed by atoms with E-state index < -0.39 is 0 Å². The van der Waals surface area contributed by atoms with Crippen molar-refractivity contribution in [3.63, 3.8) is 0 Å². The van der Waals surface area contributed by atoms with Crippen LogP contribution in [0.4, 0.5) is 11.5 Å². The molecule has 0 bridgehead atoms. The van der Waals surface area contributed by atoms with E-state index >= 15 is 0 Å². The smallest absolute Gasteiger partial charge is 0.172 e. The molecule has 3 rings (SSSR count). The van der Waals surface area contributed by atoms with Crippen molar-refractivity contribution in [1.29, 1.82) is 5.26 Å². The van der Waals surface area contributed by atoms with Crippen LogP contribution in [0.5, 0.6) is 0 Å². The monoisotopic (exact) mass is 364 g/mol. The van der Waals surface area contributed by atoms with E-state index in [-0.39, 0.29) is 5.69 Å². The van der Waals surface area contributed by atoms with Crippen LogP contribution < -0.4 is 5.32 Å². The van der Waals surface area contributed by atoms with Gasteiger partial charge in [-0.2, -0.15) is 10.4 Å². The predicted octanol–water partition coefficient (Wildman–Crippen LogP) is 4.24. The normalized spacial score (nSPS) is 10.3. The van der Waals surface area contributed by atoms with E-state index in [1.165, 1.54) is 10.9 Å². The van der Waals surface area contributed by atoms with Crippen LogP contribution in [0.3, 0.4) is 0 Å². The largest absolute Gasteiger partial charge is 0.338 e. The third kappa shape index (κ3) is 3.37. The summed E-state index contributed by atoms with van der Waals surface area (Å²) in [5, 5.41) is 17.3. The number of halogens is 3. The molecule has 0 aliphatic heterocycles. The van der Waals surface area contributed by atoms with Gasteiger partial charge in [-0.1, -0.05) is 34.8 Å². The highest BCUT2D eigenvalue weighted by Crippen LogP contribution is 2.23. The molecule has 0 spiro atoms. The van der Waals surface area contributed by atoms with Gasteiger partial charge in [0, 0.05) is 6.20 Å². The predicted molar refractivity (Wildman–Crippen MR) is 88.6 cm³/mol. The highest BCUT2D eigenvalue weighted by molar-refractivity contribution is 6.35. The lowest BCUT2D eigenvalue weighted by Gasteiger charge is -2.04. The molecule has 23 heavy (non-hydrogen) atoms. The lowest BCUT2D eigenvalue weighted by atomic mass is 10.3. The van der Waals surface area contributed by atoms with Gasteiger partial charge in [0.25, 0.3) is 0 Å². The first-order valence-electron chi connectivity index (χ1n) is 6.26. The fourth-order valence-electron chi connectivity index (χ4n) is 1.82. The van der Waals surface area contributed by atoms with Gasteiger partial charge in [-0.15, -0.1) is 0 Å². The molecule has 0 saturated carbocycles. The van der Waals surface area contributed by atoms with Crippen molar-refractivity contribution in [1.82, 2.24) is 19.7 Å². The van der Waals surface area contributed by atoms with Crippen molar-refractivity contribution >= 4 is 46.3 Å². The molecular formula is C14H7Cl3N6. The van der Waals surface area contributed by atoms with Gasteiger partial charge in [0.2, 0.25) is 0 Å². The van der Waals surface area contributed by atoms with Crippen molar-refractivity contribution in [3.05, 3.63) is 57.6 Å². The lowest BCUT2D eigenvalue weighted by Crippen LogP contribution is -1.99. The van der Waals surface area contributed by atoms with Crippen molar-refractivity contribution in [3.8, 4) is 11.9 Å². The summed E-state index contributed by atoms with van der Waals surface area (Å²) >= 11 is 17.8. The Bertz CT molecular complexity index is 915. The molecule has 1 N–H and O–H groups in total. The summed E-state index contributed by atoms with van der Waals surface area (Å²) in [7, 11) is 0. The minimum Gasteiger partial charge on any atom is -0.338 e. The Morgan fingerprint density at radius 2 is 1.96 bits per heavy atom. The number of nitrogens with one attached hydrogen (secondary N) is 1. The van der Waals surface area contributed by atoms with E-state index in [4.69, 9.17) is 40.1 Å². The number of hydrogen-bond donors (Lipinski definition) is 1. The van der Waals surface area contributed by atoms with Gasteiger partial charge in [0.15, 0.2) is 11.5 Å². The maximum atomic E-state index is 8.94. The minimum absolute atomic E-state index is 0.145. The van der Waals surface area contributed by atoms with E-state index in [0.29, 0.717) is 32.4 Å². The highest BCUT2D eigenvalue weighted by Gasteiger charge is 2.09. The topological polar surface area (TPSA) is 79.4 Å². The Kier molecular flexibility index (Phi) is 4.35. The number of anilines is 2. The molecule has 0 atom stereocenters. The maximum absolute atomic E-state index is 8.94. The second-order valence-electron chi connectivity index (χ2n) is 4.40. The van der Waals surface area contributed by atoms with Gasteiger partial charge < -0.3 is 5.32 Å². The number of nitriles is 1. The van der Waals surface area contributed by atoms with Gasteiger partial charge in [-0.3, -0.25) is 0 Å². The molecule has 0 aliphatic rings. The summed E-state index contributed by atoms with van der Waals surface area (Å²) in [6.07, 6.45) is 4.75. The Hall–Kier alpha value is -2.33. The standard InChI is InChI=1S/C14H7Cl3N6/c15-8-3-11(17)14(19-5-8)23-7-9(6-20-23)21-13-2-1-10(16)12(4-18)22-13/h1-3,5-7H,(H,21,22). The van der Waals surface area contributed by atoms with Crippen molar-refractivity contribution < 1.29 is 0 Å². The zero-order valence-electron chi connectivity index (χ0n) is 11.3. The molecule has 0 radical (unpaired) electrons. The third-order valence-corrected chi connectivity index (χ3v) is 3.60. The Labute approximate surface area is 146 Å². The van der Waals surface area contributed by atoms with Crippen LogP contribution >= 0.6 is 34.8 Å². The Morgan fingerprint density at radius 1 is 1.13 bits per heavy atom. The SMILES string of the molecule is N#Cc1nc(Nc2cnn(-c3ncc(Cl)cc3Cl)c2)ccc1Cl. The zero-order valence-corrected chi connectivity index (χ0v) is 13.6. The molecule has 6 nitrogen and oxygen atoms in total. The van der Waals surface area contributed by atoms with Crippen LogP contribution in [0.25, 0.3) is 5.82 Å². The van der Waals surface area contributed by atoms with Gasteiger partial charge in [-0.05, 0) is 18.2 Å². The highest BCUT2D eigenvalue weighted by atomic mass is 35.5. The number of hydrogen-bond acceptors (Lipinski definition) is 5. The Balaban J connectivity index is 1.86. The molecule has 9 heteroatoms. The molecule has 3 heterocycles. The van der Waals surface area contributed by atoms with Gasteiger partial charge in [-0.25, -0.2) is 14.6 Å². The van der Waals surface area contributed by atoms with Crippen LogP contribution in [-0.4, -0.2) is 19.7 Å². The van der Waals surface area contributed by atoms with Crippen LogP contribution in [-0.2, 0) is 0 Å². The minimum atomic E-state index is 0.145. The number of rotatable bonds is 3. The molecule has 0 unspecified atom stereocenters. The van der Waals surface area contributed by atoms with Crippen molar-refractivity contribution in [2.45, 2.75) is 0 Å². The fourth-order valence-corrected chi connectivity index (χ4v) is 2.43. The van der Waals surface area contributed by atoms with Crippen LogP contribution in [0.15, 0.2) is 36.8 Å². The summed E-state index contributed by atoms with van der Waals surface area (Å²) < 4.78 is 1.50. The molecule has 0 aliphatic carbocycles. The first-order valence-corrected chi connectivity index (χ1v) is 7.40. The van der Waals surface area contributed by atoms with E-state index in [2.05, 4.69) is 20.4 Å². The van der Waals surface area contributed by atoms with Gasteiger partial charge >= 0.3 is 0 Å². The second-order valence-corrected chi connectivity index (χ2v) is 5.65. The Morgan fingerprint density at radius 3 is 2.70 bits per heavy atom. The number of aromatic nitrogens is 4.